The highest BCUT2D eigenvalue weighted by atomic mass is 79.9. The van der Waals surface area contributed by atoms with Gasteiger partial charge in [0.1, 0.15) is 5.82 Å². The zero-order valence-corrected chi connectivity index (χ0v) is 12.7. The van der Waals surface area contributed by atoms with Crippen molar-refractivity contribution in [3.05, 3.63) is 40.6 Å². The predicted molar refractivity (Wildman–Crippen MR) is 83.8 cm³/mol. The van der Waals surface area contributed by atoms with E-state index in [2.05, 4.69) is 21.2 Å². The maximum absolute atomic E-state index is 13.6. The van der Waals surface area contributed by atoms with Gasteiger partial charge in [0.25, 0.3) is 0 Å². The Balaban J connectivity index is 1.88. The smallest absolute Gasteiger partial charge is 0.163 e. The van der Waals surface area contributed by atoms with Gasteiger partial charge >= 0.3 is 0 Å². The molecule has 0 fully saturated rings. The summed E-state index contributed by atoms with van der Waals surface area (Å²) in [4.78, 5) is 0. The summed E-state index contributed by atoms with van der Waals surface area (Å²) in [5.41, 5.74) is 7.60. The predicted octanol–water partition coefficient (Wildman–Crippen LogP) is 4.08. The molecule has 0 atom stereocenters. The largest absolute Gasteiger partial charge is 0.490 e. The molecule has 0 amide bonds. The lowest BCUT2D eigenvalue weighted by molar-refractivity contribution is 0.297. The molecule has 2 aromatic carbocycles. The zero-order valence-electron chi connectivity index (χ0n) is 11.2. The highest BCUT2D eigenvalue weighted by Gasteiger charge is 2.12. The highest BCUT2D eigenvalue weighted by Crippen LogP contribution is 2.35. The van der Waals surface area contributed by atoms with E-state index in [0.717, 1.165) is 12.1 Å². The summed E-state index contributed by atoms with van der Waals surface area (Å²) < 4.78 is 25.1. The molecule has 21 heavy (non-hydrogen) atoms. The number of ether oxygens (including phenoxy) is 2. The van der Waals surface area contributed by atoms with E-state index in [1.807, 2.05) is 18.2 Å². The number of benzene rings is 2. The fourth-order valence-corrected chi connectivity index (χ4v) is 2.43. The van der Waals surface area contributed by atoms with Crippen LogP contribution in [0.2, 0.25) is 0 Å². The van der Waals surface area contributed by atoms with Crippen LogP contribution in [0, 0.1) is 5.82 Å². The first-order valence-electron chi connectivity index (χ1n) is 6.54. The molecule has 3 rings (SSSR count). The van der Waals surface area contributed by atoms with E-state index in [0.29, 0.717) is 40.6 Å². The third kappa shape index (κ3) is 3.05. The van der Waals surface area contributed by atoms with Crippen LogP contribution >= 0.6 is 15.9 Å². The van der Waals surface area contributed by atoms with Crippen molar-refractivity contribution in [1.29, 1.82) is 0 Å². The van der Waals surface area contributed by atoms with E-state index in [1.165, 1.54) is 12.1 Å². The van der Waals surface area contributed by atoms with Crippen molar-refractivity contribution in [2.24, 2.45) is 0 Å². The first-order chi connectivity index (χ1) is 10.1. The number of fused-ring (bicyclic) bond motifs is 1. The summed E-state index contributed by atoms with van der Waals surface area (Å²) >= 11 is 3.10. The number of hydrogen-bond acceptors (Lipinski definition) is 4. The average molecular weight is 353 g/mol. The van der Waals surface area contributed by atoms with Crippen molar-refractivity contribution >= 4 is 33.0 Å². The first kappa shape index (κ1) is 14.0. The lowest BCUT2D eigenvalue weighted by Gasteiger charge is -2.13. The molecule has 1 aliphatic rings. The van der Waals surface area contributed by atoms with Crippen LogP contribution in [0.25, 0.3) is 0 Å². The molecule has 6 heteroatoms. The maximum Gasteiger partial charge on any atom is 0.163 e. The fraction of sp³-hybridized carbons (Fsp3) is 0.200. The van der Waals surface area contributed by atoms with Crippen LogP contribution in [0.5, 0.6) is 11.5 Å². The van der Waals surface area contributed by atoms with Crippen LogP contribution in [-0.2, 0) is 0 Å². The molecule has 1 heterocycles. The van der Waals surface area contributed by atoms with Crippen molar-refractivity contribution in [1.82, 2.24) is 0 Å². The van der Waals surface area contributed by atoms with E-state index >= 15 is 0 Å². The van der Waals surface area contributed by atoms with Crippen molar-refractivity contribution in [2.45, 2.75) is 6.42 Å². The van der Waals surface area contributed by atoms with Gasteiger partial charge in [-0.1, -0.05) is 0 Å². The summed E-state index contributed by atoms with van der Waals surface area (Å²) in [5, 5.41) is 3.09. The topological polar surface area (TPSA) is 56.5 Å². The number of rotatable bonds is 2. The average Bonchev–Trinajstić information content (AvgIpc) is 2.69. The lowest BCUT2D eigenvalue weighted by atomic mass is 10.2. The van der Waals surface area contributed by atoms with Gasteiger partial charge in [-0.25, -0.2) is 4.39 Å². The quantitative estimate of drug-likeness (QED) is 0.799. The van der Waals surface area contributed by atoms with Crippen molar-refractivity contribution in [2.75, 3.05) is 24.3 Å². The van der Waals surface area contributed by atoms with Crippen LogP contribution in [0.15, 0.2) is 34.8 Å². The highest BCUT2D eigenvalue weighted by molar-refractivity contribution is 9.10. The van der Waals surface area contributed by atoms with Gasteiger partial charge in [-0.2, -0.15) is 0 Å². The maximum atomic E-state index is 13.6. The first-order valence-corrected chi connectivity index (χ1v) is 7.34. The molecular weight excluding hydrogens is 339 g/mol. The van der Waals surface area contributed by atoms with E-state index in [-0.39, 0.29) is 5.82 Å². The molecule has 0 saturated heterocycles. The molecule has 0 aliphatic carbocycles. The van der Waals surface area contributed by atoms with E-state index in [4.69, 9.17) is 15.2 Å². The van der Waals surface area contributed by atoms with Crippen LogP contribution < -0.4 is 20.5 Å². The molecule has 0 unspecified atom stereocenters. The normalized spacial score (nSPS) is 13.6. The third-order valence-corrected chi connectivity index (χ3v) is 3.73. The van der Waals surface area contributed by atoms with Crippen molar-refractivity contribution in [3.8, 4) is 11.5 Å². The Labute approximate surface area is 130 Å². The molecular formula is C15H14BrFN2O2. The second-order valence-corrected chi connectivity index (χ2v) is 5.54. The van der Waals surface area contributed by atoms with Gasteiger partial charge in [-0.3, -0.25) is 0 Å². The summed E-state index contributed by atoms with van der Waals surface area (Å²) in [7, 11) is 0. The molecule has 4 nitrogen and oxygen atoms in total. The molecule has 110 valence electrons. The molecule has 2 aromatic rings. The molecule has 0 saturated carbocycles. The molecule has 0 aromatic heterocycles. The zero-order chi connectivity index (χ0) is 14.8. The number of anilines is 3. The molecule has 3 N–H and O–H groups in total. The molecule has 0 spiro atoms. The number of nitrogen functional groups attached to an aromatic ring is 1. The number of nitrogens with two attached hydrogens (primary N) is 1. The second-order valence-electron chi connectivity index (χ2n) is 4.69. The Kier molecular flexibility index (Phi) is 3.88. The summed E-state index contributed by atoms with van der Waals surface area (Å²) in [5.74, 6) is 1.02. The van der Waals surface area contributed by atoms with Crippen LogP contribution in [-0.4, -0.2) is 13.2 Å². The van der Waals surface area contributed by atoms with E-state index in [9.17, 15) is 4.39 Å². The number of nitrogens with one attached hydrogen (secondary N) is 1. The fourth-order valence-electron chi connectivity index (χ4n) is 2.07. The second kappa shape index (κ2) is 5.81. The van der Waals surface area contributed by atoms with Gasteiger partial charge in [0.15, 0.2) is 11.5 Å². The van der Waals surface area contributed by atoms with Gasteiger partial charge in [0, 0.05) is 24.2 Å². The molecule has 0 radical (unpaired) electrons. The minimum absolute atomic E-state index is 0.337. The Morgan fingerprint density at radius 3 is 2.67 bits per heavy atom. The molecule has 1 aliphatic heterocycles. The number of hydrogen-bond donors (Lipinski definition) is 2. The van der Waals surface area contributed by atoms with Gasteiger partial charge < -0.3 is 20.5 Å². The van der Waals surface area contributed by atoms with Crippen LogP contribution in [0.1, 0.15) is 6.42 Å². The monoisotopic (exact) mass is 352 g/mol. The number of halogens is 2. The Morgan fingerprint density at radius 2 is 1.86 bits per heavy atom. The Bertz CT molecular complexity index is 679. The van der Waals surface area contributed by atoms with Crippen LogP contribution in [0.3, 0.4) is 0 Å². The summed E-state index contributed by atoms with van der Waals surface area (Å²) in [6.07, 6.45) is 0.850. The standard InChI is InChI=1S/C15H14BrFN2O2/c16-10-7-12(18)13(8-11(10)17)19-9-2-3-14-15(6-9)21-5-1-4-20-14/h2-3,6-8,19H,1,4-5,18H2. The minimum Gasteiger partial charge on any atom is -0.490 e. The SMILES string of the molecule is Nc1cc(Br)c(F)cc1Nc1ccc2c(c1)OCCCO2. The third-order valence-electron chi connectivity index (χ3n) is 3.12. The minimum atomic E-state index is -0.374. The molecule has 0 bridgehead atoms. The van der Waals surface area contributed by atoms with Gasteiger partial charge in [-0.05, 0) is 34.1 Å². The lowest BCUT2D eigenvalue weighted by Crippen LogP contribution is -1.99. The van der Waals surface area contributed by atoms with Crippen LogP contribution in [0.4, 0.5) is 21.5 Å². The van der Waals surface area contributed by atoms with Gasteiger partial charge in [0.05, 0.1) is 29.1 Å². The summed E-state index contributed by atoms with van der Waals surface area (Å²) in [6.45, 7) is 1.26. The van der Waals surface area contributed by atoms with E-state index < -0.39 is 0 Å². The summed E-state index contributed by atoms with van der Waals surface area (Å²) in [6, 6.07) is 8.37. The van der Waals surface area contributed by atoms with Gasteiger partial charge in [-0.15, -0.1) is 0 Å². The van der Waals surface area contributed by atoms with E-state index in [1.54, 1.807) is 0 Å². The Morgan fingerprint density at radius 1 is 1.10 bits per heavy atom. The van der Waals surface area contributed by atoms with Crippen molar-refractivity contribution < 1.29 is 13.9 Å². The Hall–Kier alpha value is -1.95. The van der Waals surface area contributed by atoms with Gasteiger partial charge in [0.2, 0.25) is 0 Å². The van der Waals surface area contributed by atoms with Crippen molar-refractivity contribution in [3.63, 3.8) is 0 Å².